The zero-order valence-corrected chi connectivity index (χ0v) is 16.9. The molecule has 1 unspecified atom stereocenters. The van der Waals surface area contributed by atoms with E-state index >= 15 is 0 Å². The summed E-state index contributed by atoms with van der Waals surface area (Å²) in [6.07, 6.45) is 7.52. The zero-order valence-electron chi connectivity index (χ0n) is 16.1. The number of piperidine rings is 2. The summed E-state index contributed by atoms with van der Waals surface area (Å²) >= 11 is 1.64. The minimum absolute atomic E-state index is 0.132. The summed E-state index contributed by atoms with van der Waals surface area (Å²) in [5.41, 5.74) is 0.962. The standard InChI is InChI=1S/C20H29N5OS/c1-15-5-2-3-11-24(15)14-10-21-18(26)16-7-12-25(13-8-16)20-23-17-6-4-9-22-19(17)27-20/h4,6,9,15-16H,2-3,5,7-8,10-14H2,1H3,(H,21,26). The predicted octanol–water partition coefficient (Wildman–Crippen LogP) is 2.90. The van der Waals surface area contributed by atoms with Crippen LogP contribution in [-0.2, 0) is 4.79 Å². The van der Waals surface area contributed by atoms with Gasteiger partial charge in [0.05, 0.1) is 0 Å². The highest BCUT2D eigenvalue weighted by Crippen LogP contribution is 2.30. The first-order chi connectivity index (χ1) is 13.2. The minimum Gasteiger partial charge on any atom is -0.355 e. The number of pyridine rings is 1. The number of aromatic nitrogens is 2. The summed E-state index contributed by atoms with van der Waals surface area (Å²) < 4.78 is 0. The second-order valence-corrected chi connectivity index (χ2v) is 8.71. The van der Waals surface area contributed by atoms with Crippen LogP contribution in [0.3, 0.4) is 0 Å². The van der Waals surface area contributed by atoms with Gasteiger partial charge in [0.2, 0.25) is 5.91 Å². The molecule has 0 radical (unpaired) electrons. The third-order valence-electron chi connectivity index (χ3n) is 5.93. The van der Waals surface area contributed by atoms with E-state index in [-0.39, 0.29) is 11.8 Å². The molecule has 4 heterocycles. The average molecular weight is 388 g/mol. The summed E-state index contributed by atoms with van der Waals surface area (Å²) in [5, 5.41) is 4.20. The Morgan fingerprint density at radius 2 is 2.11 bits per heavy atom. The minimum atomic E-state index is 0.132. The quantitative estimate of drug-likeness (QED) is 0.855. The van der Waals surface area contributed by atoms with E-state index in [2.05, 4.69) is 27.0 Å². The number of anilines is 1. The number of carbonyl (C=O) groups is 1. The number of amides is 1. The molecule has 2 fully saturated rings. The molecular formula is C20H29N5OS. The smallest absolute Gasteiger partial charge is 0.223 e. The van der Waals surface area contributed by atoms with Crippen molar-refractivity contribution in [1.29, 1.82) is 0 Å². The number of likely N-dealkylation sites (tertiary alicyclic amines) is 1. The van der Waals surface area contributed by atoms with Crippen molar-refractivity contribution in [2.75, 3.05) is 37.6 Å². The van der Waals surface area contributed by atoms with Crippen LogP contribution in [0, 0.1) is 5.92 Å². The predicted molar refractivity (Wildman–Crippen MR) is 110 cm³/mol. The van der Waals surface area contributed by atoms with E-state index in [4.69, 9.17) is 4.98 Å². The molecule has 27 heavy (non-hydrogen) atoms. The lowest BCUT2D eigenvalue weighted by Crippen LogP contribution is -2.45. The number of carbonyl (C=O) groups excluding carboxylic acids is 1. The molecule has 0 saturated carbocycles. The van der Waals surface area contributed by atoms with Gasteiger partial charge in [0.25, 0.3) is 0 Å². The van der Waals surface area contributed by atoms with Crippen molar-refractivity contribution in [1.82, 2.24) is 20.2 Å². The van der Waals surface area contributed by atoms with Gasteiger partial charge in [-0.05, 0) is 51.3 Å². The molecule has 4 rings (SSSR count). The molecule has 2 aromatic heterocycles. The van der Waals surface area contributed by atoms with Gasteiger partial charge in [0, 0.05) is 44.3 Å². The number of hydrogen-bond donors (Lipinski definition) is 1. The lowest BCUT2D eigenvalue weighted by molar-refractivity contribution is -0.125. The van der Waals surface area contributed by atoms with Crippen LogP contribution < -0.4 is 10.2 Å². The molecule has 0 aromatic carbocycles. The molecule has 2 saturated heterocycles. The number of rotatable bonds is 5. The van der Waals surface area contributed by atoms with Crippen LogP contribution in [-0.4, -0.2) is 59.5 Å². The average Bonchev–Trinajstić information content (AvgIpc) is 3.14. The normalized spacial score (nSPS) is 22.3. The van der Waals surface area contributed by atoms with Crippen molar-refractivity contribution in [3.8, 4) is 0 Å². The fourth-order valence-electron chi connectivity index (χ4n) is 4.18. The third-order valence-corrected chi connectivity index (χ3v) is 6.97. The van der Waals surface area contributed by atoms with Crippen molar-refractivity contribution in [2.24, 2.45) is 5.92 Å². The Balaban J connectivity index is 1.23. The van der Waals surface area contributed by atoms with Crippen LogP contribution in [0.15, 0.2) is 18.3 Å². The van der Waals surface area contributed by atoms with Gasteiger partial charge in [-0.2, -0.15) is 0 Å². The van der Waals surface area contributed by atoms with E-state index < -0.39 is 0 Å². The van der Waals surface area contributed by atoms with Crippen LogP contribution in [0.5, 0.6) is 0 Å². The fraction of sp³-hybridized carbons (Fsp3) is 0.650. The van der Waals surface area contributed by atoms with Gasteiger partial charge in [-0.3, -0.25) is 9.69 Å². The molecule has 2 aromatic rings. The second-order valence-electron chi connectivity index (χ2n) is 7.76. The fourth-order valence-corrected chi connectivity index (χ4v) is 5.14. The maximum atomic E-state index is 12.5. The summed E-state index contributed by atoms with van der Waals surface area (Å²) in [5.74, 6) is 0.359. The van der Waals surface area contributed by atoms with Gasteiger partial charge in [-0.25, -0.2) is 9.97 Å². The molecule has 0 aliphatic carbocycles. The number of nitrogens with zero attached hydrogens (tertiary/aromatic N) is 4. The molecule has 0 spiro atoms. The lowest BCUT2D eigenvalue weighted by Gasteiger charge is -2.34. The summed E-state index contributed by atoms with van der Waals surface area (Å²) in [7, 11) is 0. The van der Waals surface area contributed by atoms with Crippen LogP contribution in [0.1, 0.15) is 39.0 Å². The van der Waals surface area contributed by atoms with Crippen molar-refractivity contribution in [2.45, 2.75) is 45.1 Å². The van der Waals surface area contributed by atoms with E-state index in [0.717, 1.165) is 54.5 Å². The zero-order chi connectivity index (χ0) is 18.6. The molecule has 1 amide bonds. The Bertz CT molecular complexity index is 738. The number of hydrogen-bond acceptors (Lipinski definition) is 6. The molecule has 1 atom stereocenters. The molecule has 2 aliphatic heterocycles. The van der Waals surface area contributed by atoms with Gasteiger partial charge < -0.3 is 10.2 Å². The highest BCUT2D eigenvalue weighted by molar-refractivity contribution is 7.21. The topological polar surface area (TPSA) is 61.4 Å². The monoisotopic (exact) mass is 387 g/mol. The maximum absolute atomic E-state index is 12.5. The van der Waals surface area contributed by atoms with Gasteiger partial charge in [0.15, 0.2) is 5.13 Å². The van der Waals surface area contributed by atoms with Gasteiger partial charge in [-0.1, -0.05) is 17.8 Å². The molecule has 7 heteroatoms. The van der Waals surface area contributed by atoms with Crippen LogP contribution in [0.4, 0.5) is 5.13 Å². The molecule has 6 nitrogen and oxygen atoms in total. The van der Waals surface area contributed by atoms with Crippen LogP contribution in [0.25, 0.3) is 10.3 Å². The molecule has 0 bridgehead atoms. The van der Waals surface area contributed by atoms with Crippen molar-refractivity contribution in [3.63, 3.8) is 0 Å². The Morgan fingerprint density at radius 1 is 1.26 bits per heavy atom. The van der Waals surface area contributed by atoms with Crippen molar-refractivity contribution in [3.05, 3.63) is 18.3 Å². The van der Waals surface area contributed by atoms with Gasteiger partial charge in [0.1, 0.15) is 10.3 Å². The first kappa shape index (κ1) is 18.6. The van der Waals surface area contributed by atoms with E-state index in [1.54, 1.807) is 11.3 Å². The Morgan fingerprint density at radius 3 is 2.89 bits per heavy atom. The van der Waals surface area contributed by atoms with E-state index in [1.165, 1.54) is 25.8 Å². The van der Waals surface area contributed by atoms with Gasteiger partial charge >= 0.3 is 0 Å². The molecule has 2 aliphatic rings. The van der Waals surface area contributed by atoms with E-state index in [0.29, 0.717) is 6.04 Å². The highest BCUT2D eigenvalue weighted by atomic mass is 32.1. The van der Waals surface area contributed by atoms with E-state index in [1.807, 2.05) is 18.3 Å². The maximum Gasteiger partial charge on any atom is 0.223 e. The Labute approximate surface area is 165 Å². The number of fused-ring (bicyclic) bond motifs is 1. The molecular weight excluding hydrogens is 358 g/mol. The second kappa shape index (κ2) is 8.52. The third kappa shape index (κ3) is 4.41. The first-order valence-corrected chi connectivity index (χ1v) is 11.0. The largest absolute Gasteiger partial charge is 0.355 e. The molecule has 146 valence electrons. The number of thiazole rings is 1. The van der Waals surface area contributed by atoms with Crippen molar-refractivity contribution < 1.29 is 4.79 Å². The van der Waals surface area contributed by atoms with Crippen LogP contribution in [0.2, 0.25) is 0 Å². The summed E-state index contributed by atoms with van der Waals surface area (Å²) in [6.45, 7) is 7.00. The Hall–Kier alpha value is -1.73. The van der Waals surface area contributed by atoms with Gasteiger partial charge in [-0.15, -0.1) is 0 Å². The summed E-state index contributed by atoms with van der Waals surface area (Å²) in [4.78, 5) is 27.4. The van der Waals surface area contributed by atoms with Crippen LogP contribution >= 0.6 is 11.3 Å². The Kier molecular flexibility index (Phi) is 5.88. The lowest BCUT2D eigenvalue weighted by atomic mass is 9.96. The number of nitrogens with one attached hydrogen (secondary N) is 1. The SMILES string of the molecule is CC1CCCCN1CCNC(=O)C1CCN(c2nc3cccnc3s2)CC1. The first-order valence-electron chi connectivity index (χ1n) is 10.2. The summed E-state index contributed by atoms with van der Waals surface area (Å²) in [6, 6.07) is 4.58. The molecule has 1 N–H and O–H groups in total. The highest BCUT2D eigenvalue weighted by Gasteiger charge is 2.26. The van der Waals surface area contributed by atoms with Crippen molar-refractivity contribution >= 4 is 32.7 Å². The van der Waals surface area contributed by atoms with E-state index in [9.17, 15) is 4.79 Å².